The molecule has 0 aromatic rings. The Morgan fingerprint density at radius 1 is 0.525 bits per heavy atom. The molecule has 22 unspecified atom stereocenters. The Bertz CT molecular complexity index is 1390. The molecule has 0 amide bonds. The molecule has 0 aromatic carbocycles. The molecule has 0 spiro atoms. The zero-order valence-corrected chi connectivity index (χ0v) is 40.2. The quantitative estimate of drug-likeness (QED) is 0.119. The van der Waals surface area contributed by atoms with E-state index in [1.165, 1.54) is 0 Å². The van der Waals surface area contributed by atoms with Gasteiger partial charge in [0.15, 0.2) is 0 Å². The fourth-order valence-electron chi connectivity index (χ4n) is 17.4. The van der Waals surface area contributed by atoms with Crippen LogP contribution in [0.25, 0.3) is 0 Å². The number of fused-ring (bicyclic) bond motifs is 10. The van der Waals surface area contributed by atoms with E-state index in [9.17, 15) is 40.2 Å². The third-order valence-electron chi connectivity index (χ3n) is 20.7. The molecule has 0 heterocycles. The Labute approximate surface area is 366 Å². The summed E-state index contributed by atoms with van der Waals surface area (Å²) >= 11 is 0. The Morgan fingerprint density at radius 3 is 1.22 bits per heavy atom. The molecule has 8 saturated carbocycles. The topological polar surface area (TPSA) is 196 Å². The Morgan fingerprint density at radius 2 is 0.881 bits per heavy atom. The smallest absolute Gasteiger partial charge is 0.303 e. The van der Waals surface area contributed by atoms with E-state index in [0.29, 0.717) is 60.2 Å². The van der Waals surface area contributed by atoms with Crippen molar-refractivity contribution in [1.29, 1.82) is 0 Å². The van der Waals surface area contributed by atoms with Gasteiger partial charge in [-0.1, -0.05) is 41.5 Å². The maximum absolute atomic E-state index is 11.5. The first-order valence-electron chi connectivity index (χ1n) is 23.7. The molecule has 8 N–H and O–H groups in total. The van der Waals surface area contributed by atoms with Crippen molar-refractivity contribution in [3.8, 4) is 0 Å². The third-order valence-corrected chi connectivity index (χ3v) is 20.7. The van der Waals surface area contributed by atoms with Gasteiger partial charge in [-0.05, 0) is 195 Å². The van der Waals surface area contributed by atoms with Gasteiger partial charge in [0.2, 0.25) is 0 Å². The van der Waals surface area contributed by atoms with E-state index in [1.54, 1.807) is 0 Å². The molecule has 11 heteroatoms. The summed E-state index contributed by atoms with van der Waals surface area (Å²) in [7, 11) is 0. The maximum atomic E-state index is 11.5. The molecule has 8 fully saturated rings. The second-order valence-corrected chi connectivity index (χ2v) is 22.9. The zero-order valence-electron chi connectivity index (χ0n) is 37.2. The van der Waals surface area contributed by atoms with Gasteiger partial charge >= 0.3 is 11.9 Å². The van der Waals surface area contributed by atoms with Gasteiger partial charge in [-0.25, -0.2) is 0 Å². The number of hydrogen-bond acceptors (Lipinski definition) is 8. The van der Waals surface area contributed by atoms with Crippen molar-refractivity contribution in [3.05, 3.63) is 0 Å². The fourth-order valence-corrected chi connectivity index (χ4v) is 17.4. The second-order valence-electron chi connectivity index (χ2n) is 22.9. The van der Waals surface area contributed by atoms with E-state index in [1.807, 2.05) is 0 Å². The number of carbonyl (C=O) groups is 2. The molecular formula is C48H80O10Zn. The van der Waals surface area contributed by atoms with Gasteiger partial charge in [0.25, 0.3) is 0 Å². The largest absolute Gasteiger partial charge is 0.481 e. The minimum absolute atomic E-state index is 0. The number of hydrogen-bond donors (Lipinski definition) is 8. The SMILES string of the molecule is CC(CCC(=O)O)C1CCC2C3C(O)CC4CC(O)CCC4(C)C3CC(O)C12C.CC(CCC(=O)O)C1CCC2C3C(O)CC4CC(O)CCC4(C)C3CC(O)C12C.[Zn]. The summed E-state index contributed by atoms with van der Waals surface area (Å²) in [6, 6.07) is 0. The second kappa shape index (κ2) is 17.7. The van der Waals surface area contributed by atoms with Gasteiger partial charge in [0.05, 0.1) is 36.6 Å². The molecule has 8 aliphatic carbocycles. The molecule has 10 nitrogen and oxygen atoms in total. The summed E-state index contributed by atoms with van der Waals surface area (Å²) in [5.41, 5.74) is -0.286. The number of carboxylic acid groups (broad SMARTS) is 2. The molecule has 8 aliphatic rings. The summed E-state index contributed by atoms with van der Waals surface area (Å²) in [6.07, 6.45) is 12.0. The standard InChI is InChI=1S/2C24H40O5.Zn/c2*1-13(4-7-21(28)29)16-5-6-17-22-18(12-20(27)24(16,17)3)23(2)9-8-15(25)10-14(23)11-19(22)26;/h2*13-20,22,25-27H,4-12H2,1-3H3,(H,28,29);. The Hall–Kier alpha value is -0.677. The van der Waals surface area contributed by atoms with Gasteiger partial charge < -0.3 is 40.9 Å². The molecule has 0 saturated heterocycles. The molecule has 22 atom stereocenters. The first-order chi connectivity index (χ1) is 27.2. The molecule has 0 aromatic heterocycles. The molecule has 0 bridgehead atoms. The van der Waals surface area contributed by atoms with Crippen molar-refractivity contribution in [1.82, 2.24) is 0 Å². The molecule has 8 rings (SSSR count). The van der Waals surface area contributed by atoms with Crippen LogP contribution in [-0.2, 0) is 29.1 Å². The van der Waals surface area contributed by atoms with Crippen LogP contribution in [-0.4, -0.2) is 89.4 Å². The maximum Gasteiger partial charge on any atom is 0.303 e. The number of aliphatic hydroxyl groups is 6. The number of aliphatic hydroxyl groups excluding tert-OH is 6. The van der Waals surface area contributed by atoms with Crippen molar-refractivity contribution < 1.29 is 69.9 Å². The van der Waals surface area contributed by atoms with Gasteiger partial charge in [0.1, 0.15) is 0 Å². The summed E-state index contributed by atoms with van der Waals surface area (Å²) in [6.45, 7) is 13.4. The van der Waals surface area contributed by atoms with Gasteiger partial charge in [0, 0.05) is 32.3 Å². The summed E-state index contributed by atoms with van der Waals surface area (Å²) < 4.78 is 0. The van der Waals surface area contributed by atoms with Gasteiger partial charge in [-0.3, -0.25) is 9.59 Å². The van der Waals surface area contributed by atoms with Crippen LogP contribution in [0.2, 0.25) is 0 Å². The van der Waals surface area contributed by atoms with E-state index < -0.39 is 24.1 Å². The Kier molecular flexibility index (Phi) is 14.3. The molecule has 59 heavy (non-hydrogen) atoms. The minimum atomic E-state index is -0.748. The van der Waals surface area contributed by atoms with Crippen molar-refractivity contribution in [2.45, 2.75) is 194 Å². The average Bonchev–Trinajstić information content (AvgIpc) is 3.70. The van der Waals surface area contributed by atoms with Crippen LogP contribution in [0.15, 0.2) is 0 Å². The van der Waals surface area contributed by atoms with Crippen LogP contribution < -0.4 is 0 Å². The van der Waals surface area contributed by atoms with Crippen molar-refractivity contribution in [2.75, 3.05) is 0 Å². The van der Waals surface area contributed by atoms with Crippen LogP contribution in [0.1, 0.15) is 157 Å². The normalized spacial score (nSPS) is 52.0. The van der Waals surface area contributed by atoms with E-state index in [0.717, 1.165) is 89.9 Å². The molecule has 0 aliphatic heterocycles. The third kappa shape index (κ3) is 8.08. The van der Waals surface area contributed by atoms with Crippen LogP contribution in [0, 0.1) is 92.7 Å². The van der Waals surface area contributed by atoms with Crippen LogP contribution >= 0.6 is 0 Å². The van der Waals surface area contributed by atoms with E-state index in [-0.39, 0.29) is 102 Å². The minimum Gasteiger partial charge on any atom is -0.481 e. The van der Waals surface area contributed by atoms with E-state index in [2.05, 4.69) is 41.5 Å². The van der Waals surface area contributed by atoms with Crippen molar-refractivity contribution in [2.24, 2.45) is 92.7 Å². The van der Waals surface area contributed by atoms with Crippen molar-refractivity contribution in [3.63, 3.8) is 0 Å². The summed E-state index contributed by atoms with van der Waals surface area (Å²) in [4.78, 5) is 22.1. The fraction of sp³-hybridized carbons (Fsp3) is 0.958. The summed E-state index contributed by atoms with van der Waals surface area (Å²) in [5, 5.41) is 84.0. The van der Waals surface area contributed by atoms with Gasteiger partial charge in [-0.15, -0.1) is 0 Å². The van der Waals surface area contributed by atoms with Gasteiger partial charge in [-0.2, -0.15) is 0 Å². The average molecular weight is 883 g/mol. The van der Waals surface area contributed by atoms with Crippen LogP contribution in [0.3, 0.4) is 0 Å². The predicted molar refractivity (Wildman–Crippen MR) is 220 cm³/mol. The predicted octanol–water partition coefficient (Wildman–Crippen LogP) is 6.89. The molecular weight excluding hydrogens is 802 g/mol. The summed E-state index contributed by atoms with van der Waals surface area (Å²) in [5.74, 6) is 1.99. The van der Waals surface area contributed by atoms with Crippen LogP contribution in [0.5, 0.6) is 0 Å². The van der Waals surface area contributed by atoms with Crippen LogP contribution in [0.4, 0.5) is 0 Å². The number of rotatable bonds is 8. The van der Waals surface area contributed by atoms with Crippen molar-refractivity contribution >= 4 is 11.9 Å². The first kappa shape index (κ1) is 47.8. The van der Waals surface area contributed by atoms with E-state index >= 15 is 0 Å². The number of carboxylic acids is 2. The number of aliphatic carboxylic acids is 2. The molecule has 0 radical (unpaired) electrons. The first-order valence-corrected chi connectivity index (χ1v) is 23.7. The monoisotopic (exact) mass is 881 g/mol. The zero-order chi connectivity index (χ0) is 42.3. The van der Waals surface area contributed by atoms with E-state index in [4.69, 9.17) is 10.2 Å². The Balaban J connectivity index is 0.000000195. The molecule has 334 valence electrons.